The van der Waals surface area contributed by atoms with Crippen LogP contribution in [-0.2, 0) is 22.0 Å². The topological polar surface area (TPSA) is 67.7 Å². The Morgan fingerprint density at radius 2 is 1.95 bits per heavy atom. The fourth-order valence-corrected chi connectivity index (χ4v) is 4.68. The van der Waals surface area contributed by atoms with Gasteiger partial charge in [0.15, 0.2) is 0 Å². The van der Waals surface area contributed by atoms with Crippen molar-refractivity contribution in [2.24, 2.45) is 7.05 Å². The Morgan fingerprint density at radius 3 is 2.57 bits per heavy atom. The third-order valence-corrected chi connectivity index (χ3v) is 6.07. The first-order chi connectivity index (χ1) is 9.98. The largest absolute Gasteiger partial charge is 0.368 e. The minimum absolute atomic E-state index is 0.296. The summed E-state index contributed by atoms with van der Waals surface area (Å²) in [7, 11) is -1.45. The minimum atomic E-state index is -3.36. The fraction of sp³-hybridized carbons (Fsp3) is 0.769. The Kier molecular flexibility index (Phi) is 4.04. The molecule has 118 valence electrons. The second kappa shape index (κ2) is 5.68. The van der Waals surface area contributed by atoms with E-state index in [9.17, 15) is 8.42 Å². The van der Waals surface area contributed by atoms with Gasteiger partial charge in [0.2, 0.25) is 0 Å². The van der Waals surface area contributed by atoms with Crippen molar-refractivity contribution in [3.63, 3.8) is 0 Å². The standard InChI is InChI=1S/C13H22N4O3S/c1-11-9-15(2)13(14-11)12-10-17(7-8-20-12)21(18,19)16-5-3-4-6-16/h9,12H,3-8,10H2,1-2H3/t12-/m1/s1. The third-order valence-electron chi connectivity index (χ3n) is 4.07. The van der Waals surface area contributed by atoms with Gasteiger partial charge in [-0.15, -0.1) is 0 Å². The van der Waals surface area contributed by atoms with Crippen LogP contribution in [0.3, 0.4) is 0 Å². The molecule has 3 rings (SSSR count). The summed E-state index contributed by atoms with van der Waals surface area (Å²) in [6, 6.07) is 0. The Morgan fingerprint density at radius 1 is 1.24 bits per heavy atom. The Balaban J connectivity index is 1.78. The number of nitrogens with zero attached hydrogens (tertiary/aromatic N) is 4. The molecule has 0 saturated carbocycles. The van der Waals surface area contributed by atoms with Crippen LogP contribution in [-0.4, -0.2) is 59.4 Å². The number of morpholine rings is 1. The quantitative estimate of drug-likeness (QED) is 0.812. The van der Waals surface area contributed by atoms with Crippen molar-refractivity contribution >= 4 is 10.2 Å². The average Bonchev–Trinajstić information content (AvgIpc) is 3.09. The SMILES string of the molecule is Cc1cn(C)c([C@H]2CN(S(=O)(=O)N3CCCC3)CCO2)n1. The summed E-state index contributed by atoms with van der Waals surface area (Å²) in [6.07, 6.45) is 3.53. The summed E-state index contributed by atoms with van der Waals surface area (Å²) in [5.74, 6) is 0.786. The molecule has 0 amide bonds. The Labute approximate surface area is 125 Å². The summed E-state index contributed by atoms with van der Waals surface area (Å²) in [4.78, 5) is 4.45. The van der Waals surface area contributed by atoms with Gasteiger partial charge in [-0.1, -0.05) is 0 Å². The van der Waals surface area contributed by atoms with Crippen LogP contribution in [0.1, 0.15) is 30.5 Å². The van der Waals surface area contributed by atoms with Gasteiger partial charge in [0.1, 0.15) is 11.9 Å². The van der Waals surface area contributed by atoms with Crippen LogP contribution in [0.5, 0.6) is 0 Å². The van der Waals surface area contributed by atoms with Gasteiger partial charge in [-0.3, -0.25) is 0 Å². The second-order valence-electron chi connectivity index (χ2n) is 5.68. The zero-order valence-corrected chi connectivity index (χ0v) is 13.3. The van der Waals surface area contributed by atoms with Crippen LogP contribution in [0.4, 0.5) is 0 Å². The van der Waals surface area contributed by atoms with Crippen molar-refractivity contribution < 1.29 is 13.2 Å². The molecule has 2 aliphatic rings. The molecule has 2 aliphatic heterocycles. The van der Waals surface area contributed by atoms with Crippen LogP contribution in [0.15, 0.2) is 6.20 Å². The predicted molar refractivity (Wildman–Crippen MR) is 77.9 cm³/mol. The van der Waals surface area contributed by atoms with Crippen LogP contribution in [0, 0.1) is 6.92 Å². The maximum Gasteiger partial charge on any atom is 0.282 e. The molecule has 3 heterocycles. The molecule has 1 aromatic heterocycles. The monoisotopic (exact) mass is 314 g/mol. The number of rotatable bonds is 3. The van der Waals surface area contributed by atoms with Crippen molar-refractivity contribution in [1.29, 1.82) is 0 Å². The maximum atomic E-state index is 12.6. The van der Waals surface area contributed by atoms with E-state index in [0.717, 1.165) is 24.4 Å². The highest BCUT2D eigenvalue weighted by atomic mass is 32.2. The van der Waals surface area contributed by atoms with Gasteiger partial charge in [0.25, 0.3) is 10.2 Å². The number of aromatic nitrogens is 2. The lowest BCUT2D eigenvalue weighted by molar-refractivity contribution is -0.0104. The first-order valence-electron chi connectivity index (χ1n) is 7.35. The normalized spacial score (nSPS) is 25.5. The molecule has 1 atom stereocenters. The van der Waals surface area contributed by atoms with E-state index in [0.29, 0.717) is 32.8 Å². The van der Waals surface area contributed by atoms with Gasteiger partial charge in [-0.25, -0.2) is 4.98 Å². The van der Waals surface area contributed by atoms with E-state index in [4.69, 9.17) is 4.74 Å². The Bertz CT molecular complexity index is 607. The lowest BCUT2D eigenvalue weighted by Crippen LogP contribution is -2.48. The predicted octanol–water partition coefficient (Wildman–Crippen LogP) is 0.442. The van der Waals surface area contributed by atoms with Crippen LogP contribution < -0.4 is 0 Å². The summed E-state index contributed by atoms with van der Waals surface area (Å²) >= 11 is 0. The molecule has 7 nitrogen and oxygen atoms in total. The number of aryl methyl sites for hydroxylation is 2. The maximum absolute atomic E-state index is 12.6. The number of hydrogen-bond donors (Lipinski definition) is 0. The number of imidazole rings is 1. The minimum Gasteiger partial charge on any atom is -0.368 e. The average molecular weight is 314 g/mol. The number of ether oxygens (including phenoxy) is 1. The molecule has 0 aliphatic carbocycles. The van der Waals surface area contributed by atoms with Gasteiger partial charge in [0.05, 0.1) is 12.3 Å². The summed E-state index contributed by atoms with van der Waals surface area (Å²) < 4.78 is 36.0. The van der Waals surface area contributed by atoms with Gasteiger partial charge in [-0.2, -0.15) is 17.0 Å². The summed E-state index contributed by atoms with van der Waals surface area (Å²) in [5, 5.41) is 0. The Hall–Kier alpha value is -0.960. The number of hydrogen-bond acceptors (Lipinski definition) is 4. The van der Waals surface area contributed by atoms with Crippen molar-refractivity contribution in [3.8, 4) is 0 Å². The van der Waals surface area contributed by atoms with Gasteiger partial charge in [0, 0.05) is 39.4 Å². The molecule has 0 aromatic carbocycles. The highest BCUT2D eigenvalue weighted by molar-refractivity contribution is 7.86. The molecule has 0 bridgehead atoms. The molecule has 0 N–H and O–H groups in total. The van der Waals surface area contributed by atoms with Gasteiger partial charge in [-0.05, 0) is 19.8 Å². The van der Waals surface area contributed by atoms with Gasteiger partial charge >= 0.3 is 0 Å². The molecule has 0 unspecified atom stereocenters. The molecular formula is C13H22N4O3S. The fourth-order valence-electron chi connectivity index (χ4n) is 3.01. The van der Waals surface area contributed by atoms with Crippen molar-refractivity contribution in [2.75, 3.05) is 32.8 Å². The molecule has 0 radical (unpaired) electrons. The zero-order valence-electron chi connectivity index (χ0n) is 12.5. The third kappa shape index (κ3) is 2.85. The molecule has 1 aromatic rings. The van der Waals surface area contributed by atoms with E-state index in [1.165, 1.54) is 4.31 Å². The first kappa shape index (κ1) is 15.0. The van der Waals surface area contributed by atoms with E-state index in [-0.39, 0.29) is 6.10 Å². The first-order valence-corrected chi connectivity index (χ1v) is 8.75. The van der Waals surface area contributed by atoms with Crippen LogP contribution >= 0.6 is 0 Å². The van der Waals surface area contributed by atoms with Crippen molar-refractivity contribution in [3.05, 3.63) is 17.7 Å². The van der Waals surface area contributed by atoms with Crippen molar-refractivity contribution in [1.82, 2.24) is 18.2 Å². The van der Waals surface area contributed by atoms with E-state index in [1.807, 2.05) is 24.7 Å². The van der Waals surface area contributed by atoms with E-state index >= 15 is 0 Å². The lowest BCUT2D eigenvalue weighted by Gasteiger charge is -2.34. The second-order valence-corrected chi connectivity index (χ2v) is 7.61. The van der Waals surface area contributed by atoms with Crippen LogP contribution in [0.25, 0.3) is 0 Å². The summed E-state index contributed by atoms with van der Waals surface area (Å²) in [5.41, 5.74) is 0.913. The smallest absolute Gasteiger partial charge is 0.282 e. The highest BCUT2D eigenvalue weighted by Crippen LogP contribution is 2.25. The van der Waals surface area contributed by atoms with Crippen LogP contribution in [0.2, 0.25) is 0 Å². The highest BCUT2D eigenvalue weighted by Gasteiger charge is 2.36. The molecule has 0 spiro atoms. The van der Waals surface area contributed by atoms with E-state index in [2.05, 4.69) is 4.98 Å². The summed E-state index contributed by atoms with van der Waals surface area (Å²) in [6.45, 7) is 4.34. The molecule has 8 heteroatoms. The van der Waals surface area contributed by atoms with E-state index in [1.54, 1.807) is 4.31 Å². The molecular weight excluding hydrogens is 292 g/mol. The zero-order chi connectivity index (χ0) is 15.0. The molecule has 2 fully saturated rings. The van der Waals surface area contributed by atoms with E-state index < -0.39 is 10.2 Å². The van der Waals surface area contributed by atoms with Gasteiger partial charge < -0.3 is 9.30 Å². The van der Waals surface area contributed by atoms with Crippen molar-refractivity contribution in [2.45, 2.75) is 25.9 Å². The lowest BCUT2D eigenvalue weighted by atomic mass is 10.3. The molecule has 21 heavy (non-hydrogen) atoms. The molecule has 2 saturated heterocycles.